The van der Waals surface area contributed by atoms with E-state index in [1.807, 2.05) is 0 Å². The second-order valence-corrected chi connectivity index (χ2v) is 5.10. The van der Waals surface area contributed by atoms with Crippen molar-refractivity contribution in [1.82, 2.24) is 0 Å². The molecule has 1 aromatic carbocycles. The number of aromatic nitrogens is 1. The van der Waals surface area contributed by atoms with Gasteiger partial charge in [-0.15, -0.1) is 0 Å². The number of H-pyrrole nitrogens is 1. The first-order chi connectivity index (χ1) is 8.33. The molecule has 0 amide bonds. The molecule has 3 rings (SSSR count). The van der Waals surface area contributed by atoms with E-state index in [2.05, 4.69) is 53.2 Å². The summed E-state index contributed by atoms with van der Waals surface area (Å²) in [6.45, 7) is 4.70. The van der Waals surface area contributed by atoms with Gasteiger partial charge in [0.05, 0.1) is 13.1 Å². The quantitative estimate of drug-likeness (QED) is 0.732. The number of fused-ring (bicyclic) bond motifs is 1. The fourth-order valence-electron chi connectivity index (χ4n) is 2.54. The van der Waals surface area contributed by atoms with E-state index in [0.29, 0.717) is 0 Å². The van der Waals surface area contributed by atoms with E-state index in [1.165, 1.54) is 42.7 Å². The molecular weight excluding hydrogens is 208 g/mol. The lowest BCUT2D eigenvalue weighted by Crippen LogP contribution is -2.36. The molecule has 1 fully saturated rings. The van der Waals surface area contributed by atoms with Crippen LogP contribution >= 0.6 is 0 Å². The number of rotatable bonds is 1. The number of pyridine rings is 1. The number of piperidine rings is 1. The second kappa shape index (κ2) is 4.36. The number of hydrogen-bond acceptors (Lipinski definition) is 1. The van der Waals surface area contributed by atoms with Crippen LogP contribution in [0.3, 0.4) is 0 Å². The summed E-state index contributed by atoms with van der Waals surface area (Å²) < 4.78 is 0. The lowest BCUT2D eigenvalue weighted by molar-refractivity contribution is -0.330. The molecule has 88 valence electrons. The van der Waals surface area contributed by atoms with Crippen molar-refractivity contribution < 1.29 is 4.98 Å². The Kier molecular flexibility index (Phi) is 2.71. The first-order valence-corrected chi connectivity index (χ1v) is 6.49. The van der Waals surface area contributed by atoms with Gasteiger partial charge in [0.25, 0.3) is 5.82 Å². The summed E-state index contributed by atoms with van der Waals surface area (Å²) in [5.41, 5.74) is 1.23. The van der Waals surface area contributed by atoms with Gasteiger partial charge in [-0.3, -0.25) is 4.90 Å². The predicted molar refractivity (Wildman–Crippen MR) is 71.1 cm³/mol. The Hall–Kier alpha value is -1.57. The maximum absolute atomic E-state index is 3.54. The van der Waals surface area contributed by atoms with Crippen molar-refractivity contribution in [3.05, 3.63) is 36.4 Å². The minimum Gasteiger partial charge on any atom is -0.262 e. The molecule has 0 atom stereocenters. The third-order valence-electron chi connectivity index (χ3n) is 3.77. The van der Waals surface area contributed by atoms with E-state index in [4.69, 9.17) is 0 Å². The minimum absolute atomic E-state index is 0.881. The Morgan fingerprint density at radius 3 is 2.65 bits per heavy atom. The molecule has 17 heavy (non-hydrogen) atoms. The number of nitrogens with one attached hydrogen (secondary N) is 1. The Bertz CT molecular complexity index is 513. The van der Waals surface area contributed by atoms with Crippen molar-refractivity contribution in [2.45, 2.75) is 19.8 Å². The molecule has 1 aromatic heterocycles. The van der Waals surface area contributed by atoms with Crippen LogP contribution in [0.5, 0.6) is 0 Å². The zero-order valence-electron chi connectivity index (χ0n) is 10.3. The van der Waals surface area contributed by atoms with E-state index < -0.39 is 0 Å². The molecule has 0 radical (unpaired) electrons. The monoisotopic (exact) mass is 227 g/mol. The fourth-order valence-corrected chi connectivity index (χ4v) is 2.54. The van der Waals surface area contributed by atoms with Crippen molar-refractivity contribution in [2.24, 2.45) is 5.92 Å². The molecule has 0 spiro atoms. The van der Waals surface area contributed by atoms with Gasteiger partial charge >= 0.3 is 0 Å². The van der Waals surface area contributed by atoms with E-state index >= 15 is 0 Å². The lowest BCUT2D eigenvalue weighted by Gasteiger charge is -2.25. The van der Waals surface area contributed by atoms with Gasteiger partial charge in [0, 0.05) is 11.5 Å². The van der Waals surface area contributed by atoms with Crippen molar-refractivity contribution in [3.8, 4) is 0 Å². The Labute approximate surface area is 102 Å². The molecule has 0 bridgehead atoms. The highest BCUT2D eigenvalue weighted by atomic mass is 15.2. The SMILES string of the molecule is CC1CCN(c2ccc3ccccc3[nH+]2)CC1. The highest BCUT2D eigenvalue weighted by Crippen LogP contribution is 2.21. The molecule has 1 N–H and O–H groups in total. The molecular formula is C15H19N2+. The Morgan fingerprint density at radius 1 is 1.06 bits per heavy atom. The van der Waals surface area contributed by atoms with Crippen molar-refractivity contribution in [2.75, 3.05) is 18.0 Å². The third kappa shape index (κ3) is 2.12. The summed E-state index contributed by atoms with van der Waals surface area (Å²) in [6, 6.07) is 12.9. The number of para-hydroxylation sites is 1. The number of anilines is 1. The van der Waals surface area contributed by atoms with Crippen molar-refractivity contribution in [3.63, 3.8) is 0 Å². The van der Waals surface area contributed by atoms with Gasteiger partial charge in [0.1, 0.15) is 5.52 Å². The van der Waals surface area contributed by atoms with Crippen LogP contribution in [0.15, 0.2) is 36.4 Å². The average molecular weight is 227 g/mol. The summed E-state index contributed by atoms with van der Waals surface area (Å²) in [6.07, 6.45) is 2.61. The molecule has 2 heteroatoms. The molecule has 2 heterocycles. The summed E-state index contributed by atoms with van der Waals surface area (Å²) in [5, 5.41) is 1.28. The molecule has 2 aromatic rings. The maximum atomic E-state index is 3.54. The highest BCUT2D eigenvalue weighted by molar-refractivity contribution is 5.76. The third-order valence-corrected chi connectivity index (χ3v) is 3.77. The zero-order chi connectivity index (χ0) is 11.7. The standard InChI is InChI=1S/C15H18N2/c1-12-8-10-17(11-9-12)15-7-6-13-4-2-3-5-14(13)16-15/h2-7,12H,8-11H2,1H3/p+1. The molecule has 2 nitrogen and oxygen atoms in total. The van der Waals surface area contributed by atoms with Crippen LogP contribution in [0.1, 0.15) is 19.8 Å². The van der Waals surface area contributed by atoms with E-state index in [1.54, 1.807) is 0 Å². The van der Waals surface area contributed by atoms with Gasteiger partial charge in [0.15, 0.2) is 0 Å². The van der Waals surface area contributed by atoms with Crippen LogP contribution < -0.4 is 9.88 Å². The smallest absolute Gasteiger partial charge is 0.262 e. The highest BCUT2D eigenvalue weighted by Gasteiger charge is 2.22. The summed E-state index contributed by atoms with van der Waals surface area (Å²) in [4.78, 5) is 6.00. The molecule has 0 unspecified atom stereocenters. The molecule has 0 saturated carbocycles. The van der Waals surface area contributed by atoms with Crippen LogP contribution in [0.2, 0.25) is 0 Å². The minimum atomic E-state index is 0.881. The Balaban J connectivity index is 1.90. The predicted octanol–water partition coefficient (Wildman–Crippen LogP) is 2.89. The lowest BCUT2D eigenvalue weighted by atomic mass is 9.99. The van der Waals surface area contributed by atoms with Gasteiger partial charge in [-0.25, -0.2) is 4.98 Å². The van der Waals surface area contributed by atoms with Crippen molar-refractivity contribution in [1.29, 1.82) is 0 Å². The number of nitrogens with zero attached hydrogens (tertiary/aromatic N) is 1. The van der Waals surface area contributed by atoms with Gasteiger partial charge in [-0.1, -0.05) is 25.1 Å². The first kappa shape index (κ1) is 10.6. The number of hydrogen-bond donors (Lipinski definition) is 0. The summed E-state index contributed by atoms with van der Waals surface area (Å²) in [5.74, 6) is 2.14. The Morgan fingerprint density at radius 2 is 1.82 bits per heavy atom. The van der Waals surface area contributed by atoms with Crippen LogP contribution in [0, 0.1) is 5.92 Å². The largest absolute Gasteiger partial charge is 0.274 e. The van der Waals surface area contributed by atoms with Crippen LogP contribution in [0.25, 0.3) is 10.9 Å². The molecule has 1 aliphatic heterocycles. The zero-order valence-corrected chi connectivity index (χ0v) is 10.3. The van der Waals surface area contributed by atoms with E-state index in [9.17, 15) is 0 Å². The topological polar surface area (TPSA) is 17.4 Å². The van der Waals surface area contributed by atoms with E-state index in [0.717, 1.165) is 5.92 Å². The molecule has 1 aliphatic rings. The van der Waals surface area contributed by atoms with Crippen LogP contribution in [-0.4, -0.2) is 13.1 Å². The van der Waals surface area contributed by atoms with Crippen molar-refractivity contribution >= 4 is 16.7 Å². The summed E-state index contributed by atoms with van der Waals surface area (Å²) in [7, 11) is 0. The maximum Gasteiger partial charge on any atom is 0.274 e. The van der Waals surface area contributed by atoms with Crippen LogP contribution in [0.4, 0.5) is 5.82 Å². The van der Waals surface area contributed by atoms with Gasteiger partial charge in [0.2, 0.25) is 0 Å². The van der Waals surface area contributed by atoms with E-state index in [-0.39, 0.29) is 0 Å². The number of aromatic amines is 1. The molecule has 0 aliphatic carbocycles. The summed E-state index contributed by atoms with van der Waals surface area (Å²) >= 11 is 0. The van der Waals surface area contributed by atoms with Gasteiger partial charge in [-0.05, 0) is 30.9 Å². The van der Waals surface area contributed by atoms with Gasteiger partial charge in [-0.2, -0.15) is 0 Å². The fraction of sp³-hybridized carbons (Fsp3) is 0.400. The van der Waals surface area contributed by atoms with Gasteiger partial charge < -0.3 is 0 Å². The first-order valence-electron chi connectivity index (χ1n) is 6.49. The normalized spacial score (nSPS) is 17.6. The second-order valence-electron chi connectivity index (χ2n) is 5.10. The number of benzene rings is 1. The molecule has 1 saturated heterocycles. The van der Waals surface area contributed by atoms with Crippen LogP contribution in [-0.2, 0) is 0 Å². The average Bonchev–Trinajstić information content (AvgIpc) is 2.39.